The smallest absolute Gasteiger partial charge is 0.250 e. The molecule has 0 bridgehead atoms. The number of rotatable bonds is 2. The normalized spacial score (nSPS) is 10.5. The lowest BCUT2D eigenvalue weighted by atomic mass is 10.1. The molecule has 1 heterocycles. The van der Waals surface area contributed by atoms with Crippen molar-refractivity contribution in [2.45, 2.75) is 20.4 Å². The number of hydrogen-bond donors (Lipinski definition) is 0. The van der Waals surface area contributed by atoms with Gasteiger partial charge < -0.3 is 4.57 Å². The number of aromatic nitrogens is 1. The van der Waals surface area contributed by atoms with Gasteiger partial charge in [-0.15, -0.1) is 0 Å². The maximum Gasteiger partial charge on any atom is 0.250 e. The van der Waals surface area contributed by atoms with Gasteiger partial charge in [-0.05, 0) is 42.7 Å². The van der Waals surface area contributed by atoms with Gasteiger partial charge in [0.2, 0.25) is 0 Å². The first-order chi connectivity index (χ1) is 8.08. The molecule has 0 atom stereocenters. The Labute approximate surface area is 109 Å². The molecule has 2 aromatic rings. The van der Waals surface area contributed by atoms with E-state index in [1.807, 2.05) is 12.3 Å². The summed E-state index contributed by atoms with van der Waals surface area (Å²) < 4.78 is 2.80. The standard InChI is InChI=1S/C14H14BrNO/c1-10-7-11(2)13(15)8-12(10)9-16-6-4-3-5-14(16)17/h3-8H,9H2,1-2H3. The summed E-state index contributed by atoms with van der Waals surface area (Å²) in [5, 5.41) is 0. The van der Waals surface area contributed by atoms with Crippen molar-refractivity contribution in [3.05, 3.63) is 68.0 Å². The summed E-state index contributed by atoms with van der Waals surface area (Å²) in [5.74, 6) is 0. The van der Waals surface area contributed by atoms with Gasteiger partial charge in [-0.3, -0.25) is 4.79 Å². The summed E-state index contributed by atoms with van der Waals surface area (Å²) in [6, 6.07) is 9.44. The van der Waals surface area contributed by atoms with Crippen molar-refractivity contribution < 1.29 is 0 Å². The van der Waals surface area contributed by atoms with Crippen LogP contribution in [0.25, 0.3) is 0 Å². The molecule has 1 aromatic heterocycles. The van der Waals surface area contributed by atoms with Gasteiger partial charge >= 0.3 is 0 Å². The highest BCUT2D eigenvalue weighted by molar-refractivity contribution is 9.10. The number of halogens is 1. The fourth-order valence-corrected chi connectivity index (χ4v) is 2.20. The van der Waals surface area contributed by atoms with Crippen molar-refractivity contribution in [3.8, 4) is 0 Å². The molecule has 2 rings (SSSR count). The van der Waals surface area contributed by atoms with Crippen LogP contribution in [0.2, 0.25) is 0 Å². The van der Waals surface area contributed by atoms with E-state index in [1.165, 1.54) is 11.1 Å². The van der Waals surface area contributed by atoms with Crippen LogP contribution < -0.4 is 5.56 Å². The van der Waals surface area contributed by atoms with Crippen LogP contribution in [0.3, 0.4) is 0 Å². The van der Waals surface area contributed by atoms with E-state index in [-0.39, 0.29) is 5.56 Å². The molecule has 0 fully saturated rings. The van der Waals surface area contributed by atoms with Gasteiger partial charge in [0.15, 0.2) is 0 Å². The zero-order chi connectivity index (χ0) is 12.4. The number of aryl methyl sites for hydroxylation is 2. The predicted octanol–water partition coefficient (Wildman–Crippen LogP) is 3.28. The molecule has 0 aliphatic carbocycles. The van der Waals surface area contributed by atoms with Gasteiger partial charge in [0, 0.05) is 16.7 Å². The zero-order valence-electron chi connectivity index (χ0n) is 9.90. The van der Waals surface area contributed by atoms with Crippen LogP contribution in [-0.4, -0.2) is 4.57 Å². The summed E-state index contributed by atoms with van der Waals surface area (Å²) in [5.41, 5.74) is 3.62. The van der Waals surface area contributed by atoms with Crippen LogP contribution in [0.5, 0.6) is 0 Å². The fraction of sp³-hybridized carbons (Fsp3) is 0.214. The highest BCUT2D eigenvalue weighted by Gasteiger charge is 2.04. The van der Waals surface area contributed by atoms with Gasteiger partial charge in [0.25, 0.3) is 5.56 Å². The molecule has 0 radical (unpaired) electrons. The molecule has 0 N–H and O–H groups in total. The Morgan fingerprint density at radius 3 is 2.65 bits per heavy atom. The Kier molecular flexibility index (Phi) is 3.48. The molecule has 0 amide bonds. The molecule has 3 heteroatoms. The first-order valence-electron chi connectivity index (χ1n) is 5.49. The average molecular weight is 292 g/mol. The Bertz CT molecular complexity index is 601. The van der Waals surface area contributed by atoms with Crippen LogP contribution >= 0.6 is 15.9 Å². The molecular weight excluding hydrogens is 278 g/mol. The molecule has 0 unspecified atom stereocenters. The van der Waals surface area contributed by atoms with E-state index >= 15 is 0 Å². The second-order valence-corrected chi connectivity index (χ2v) is 5.05. The van der Waals surface area contributed by atoms with E-state index in [0.29, 0.717) is 6.54 Å². The fourth-order valence-electron chi connectivity index (χ4n) is 1.81. The van der Waals surface area contributed by atoms with Crippen LogP contribution in [-0.2, 0) is 6.54 Å². The Morgan fingerprint density at radius 1 is 1.18 bits per heavy atom. The minimum Gasteiger partial charge on any atom is -0.311 e. The lowest BCUT2D eigenvalue weighted by molar-refractivity contribution is 0.754. The first-order valence-corrected chi connectivity index (χ1v) is 6.28. The first kappa shape index (κ1) is 12.1. The molecule has 88 valence electrons. The Morgan fingerprint density at radius 2 is 1.94 bits per heavy atom. The largest absolute Gasteiger partial charge is 0.311 e. The van der Waals surface area contributed by atoms with Crippen molar-refractivity contribution in [1.82, 2.24) is 4.57 Å². The average Bonchev–Trinajstić information content (AvgIpc) is 2.29. The number of hydrogen-bond acceptors (Lipinski definition) is 1. The molecule has 0 saturated carbocycles. The van der Waals surface area contributed by atoms with E-state index < -0.39 is 0 Å². The quantitative estimate of drug-likeness (QED) is 0.832. The highest BCUT2D eigenvalue weighted by atomic mass is 79.9. The zero-order valence-corrected chi connectivity index (χ0v) is 11.5. The number of benzene rings is 1. The number of pyridine rings is 1. The second kappa shape index (κ2) is 4.88. The highest BCUT2D eigenvalue weighted by Crippen LogP contribution is 2.21. The minimum atomic E-state index is 0.0311. The minimum absolute atomic E-state index is 0.0311. The monoisotopic (exact) mass is 291 g/mol. The van der Waals surface area contributed by atoms with Gasteiger partial charge in [-0.2, -0.15) is 0 Å². The molecule has 17 heavy (non-hydrogen) atoms. The van der Waals surface area contributed by atoms with Crippen molar-refractivity contribution in [1.29, 1.82) is 0 Å². The van der Waals surface area contributed by atoms with E-state index in [1.54, 1.807) is 16.7 Å². The van der Waals surface area contributed by atoms with Crippen LogP contribution in [0.15, 0.2) is 45.8 Å². The van der Waals surface area contributed by atoms with Crippen molar-refractivity contribution >= 4 is 15.9 Å². The van der Waals surface area contributed by atoms with Gasteiger partial charge in [-0.25, -0.2) is 0 Å². The molecule has 2 nitrogen and oxygen atoms in total. The van der Waals surface area contributed by atoms with E-state index in [2.05, 4.69) is 41.9 Å². The molecular formula is C14H14BrNO. The molecule has 0 spiro atoms. The van der Waals surface area contributed by atoms with E-state index in [0.717, 1.165) is 10.0 Å². The second-order valence-electron chi connectivity index (χ2n) is 4.19. The summed E-state index contributed by atoms with van der Waals surface area (Å²) in [4.78, 5) is 11.6. The maximum absolute atomic E-state index is 11.6. The SMILES string of the molecule is Cc1cc(C)c(Cn2ccccc2=O)cc1Br. The Balaban J connectivity index is 2.40. The maximum atomic E-state index is 11.6. The van der Waals surface area contributed by atoms with Crippen LogP contribution in [0.1, 0.15) is 16.7 Å². The third-order valence-electron chi connectivity index (χ3n) is 2.86. The van der Waals surface area contributed by atoms with Crippen LogP contribution in [0, 0.1) is 13.8 Å². The topological polar surface area (TPSA) is 22.0 Å². The van der Waals surface area contributed by atoms with Crippen molar-refractivity contribution in [2.24, 2.45) is 0 Å². The molecule has 0 saturated heterocycles. The predicted molar refractivity (Wildman–Crippen MR) is 73.4 cm³/mol. The molecule has 0 aliphatic rings. The van der Waals surface area contributed by atoms with Crippen molar-refractivity contribution in [3.63, 3.8) is 0 Å². The lowest BCUT2D eigenvalue weighted by Crippen LogP contribution is -2.18. The lowest BCUT2D eigenvalue weighted by Gasteiger charge is -2.10. The van der Waals surface area contributed by atoms with E-state index in [4.69, 9.17) is 0 Å². The summed E-state index contributed by atoms with van der Waals surface area (Å²) >= 11 is 3.52. The van der Waals surface area contributed by atoms with Gasteiger partial charge in [0.1, 0.15) is 0 Å². The van der Waals surface area contributed by atoms with Gasteiger partial charge in [-0.1, -0.05) is 28.1 Å². The summed E-state index contributed by atoms with van der Waals surface area (Å²) in [6.07, 6.45) is 1.82. The van der Waals surface area contributed by atoms with Crippen molar-refractivity contribution in [2.75, 3.05) is 0 Å². The molecule has 1 aromatic carbocycles. The third-order valence-corrected chi connectivity index (χ3v) is 3.71. The van der Waals surface area contributed by atoms with E-state index in [9.17, 15) is 4.79 Å². The molecule has 0 aliphatic heterocycles. The van der Waals surface area contributed by atoms with Gasteiger partial charge in [0.05, 0.1) is 6.54 Å². The Hall–Kier alpha value is -1.35. The third kappa shape index (κ3) is 2.67. The summed E-state index contributed by atoms with van der Waals surface area (Å²) in [6.45, 7) is 4.75. The summed E-state index contributed by atoms with van der Waals surface area (Å²) in [7, 11) is 0. The van der Waals surface area contributed by atoms with Crippen LogP contribution in [0.4, 0.5) is 0 Å². The number of nitrogens with zero attached hydrogens (tertiary/aromatic N) is 1.